The molecule has 0 aromatic carbocycles. The van der Waals surface area contributed by atoms with Crippen molar-refractivity contribution in [3.05, 3.63) is 12.2 Å². The molecule has 0 amide bonds. The van der Waals surface area contributed by atoms with E-state index >= 15 is 0 Å². The van der Waals surface area contributed by atoms with Crippen molar-refractivity contribution in [1.29, 1.82) is 0 Å². The minimum atomic E-state index is -0.213. The van der Waals surface area contributed by atoms with Crippen LogP contribution in [0, 0.1) is 5.92 Å². The topological polar surface area (TPSA) is 26.3 Å². The summed E-state index contributed by atoms with van der Waals surface area (Å²) in [7, 11) is 0. The lowest BCUT2D eigenvalue weighted by atomic mass is 9.90. The summed E-state index contributed by atoms with van der Waals surface area (Å²) in [6, 6.07) is 0. The van der Waals surface area contributed by atoms with Crippen LogP contribution in [0.3, 0.4) is 0 Å². The minimum absolute atomic E-state index is 0.0749. The third kappa shape index (κ3) is 11.7. The van der Waals surface area contributed by atoms with Gasteiger partial charge in [-0.25, -0.2) is 4.79 Å². The Balaban J connectivity index is 4.23. The van der Waals surface area contributed by atoms with Crippen LogP contribution in [0.25, 0.3) is 0 Å². The SMILES string of the molecule is C=C(C)C(=O)OC(CCCCCCCCCC)C(CC)CCCC. The van der Waals surface area contributed by atoms with E-state index in [1.807, 2.05) is 0 Å². The van der Waals surface area contributed by atoms with Crippen molar-refractivity contribution < 1.29 is 9.53 Å². The van der Waals surface area contributed by atoms with Gasteiger partial charge in [-0.2, -0.15) is 0 Å². The van der Waals surface area contributed by atoms with Crippen LogP contribution in [0.15, 0.2) is 12.2 Å². The predicted molar refractivity (Wildman–Crippen MR) is 105 cm³/mol. The van der Waals surface area contributed by atoms with Crippen molar-refractivity contribution >= 4 is 5.97 Å². The minimum Gasteiger partial charge on any atom is -0.459 e. The second-order valence-corrected chi connectivity index (χ2v) is 7.30. The molecule has 0 spiro atoms. The first kappa shape index (κ1) is 23.2. The zero-order chi connectivity index (χ0) is 18.2. The fourth-order valence-electron chi connectivity index (χ4n) is 3.23. The molecule has 142 valence electrons. The highest BCUT2D eigenvalue weighted by Crippen LogP contribution is 2.25. The van der Waals surface area contributed by atoms with Crippen molar-refractivity contribution in [3.63, 3.8) is 0 Å². The first-order valence-corrected chi connectivity index (χ1v) is 10.4. The molecule has 2 atom stereocenters. The van der Waals surface area contributed by atoms with Crippen molar-refractivity contribution in [2.24, 2.45) is 5.92 Å². The monoisotopic (exact) mass is 338 g/mol. The van der Waals surface area contributed by atoms with Crippen LogP contribution in [0.5, 0.6) is 0 Å². The second kappa shape index (κ2) is 15.7. The Morgan fingerprint density at radius 3 is 1.88 bits per heavy atom. The van der Waals surface area contributed by atoms with Gasteiger partial charge in [-0.15, -0.1) is 0 Å². The molecule has 0 aliphatic rings. The summed E-state index contributed by atoms with van der Waals surface area (Å²) in [6.07, 6.45) is 16.3. The molecular weight excluding hydrogens is 296 g/mol. The van der Waals surface area contributed by atoms with E-state index in [4.69, 9.17) is 4.74 Å². The molecule has 0 radical (unpaired) electrons. The fourth-order valence-corrected chi connectivity index (χ4v) is 3.23. The van der Waals surface area contributed by atoms with E-state index in [2.05, 4.69) is 27.4 Å². The molecule has 0 N–H and O–H groups in total. The molecule has 0 saturated heterocycles. The summed E-state index contributed by atoms with van der Waals surface area (Å²) < 4.78 is 5.78. The summed E-state index contributed by atoms with van der Waals surface area (Å²) in [4.78, 5) is 12.0. The lowest BCUT2D eigenvalue weighted by Gasteiger charge is -2.26. The van der Waals surface area contributed by atoms with Crippen LogP contribution in [-0.2, 0) is 9.53 Å². The fraction of sp³-hybridized carbons (Fsp3) is 0.864. The van der Waals surface area contributed by atoms with Gasteiger partial charge in [0, 0.05) is 5.57 Å². The molecule has 24 heavy (non-hydrogen) atoms. The van der Waals surface area contributed by atoms with E-state index in [1.54, 1.807) is 6.92 Å². The van der Waals surface area contributed by atoms with Crippen LogP contribution in [0.4, 0.5) is 0 Å². The average Bonchev–Trinajstić information content (AvgIpc) is 2.57. The molecule has 0 aromatic heterocycles. The molecule has 2 heteroatoms. The zero-order valence-corrected chi connectivity index (χ0v) is 16.9. The Hall–Kier alpha value is -0.790. The van der Waals surface area contributed by atoms with Crippen molar-refractivity contribution in [1.82, 2.24) is 0 Å². The molecule has 0 aromatic rings. The summed E-state index contributed by atoms with van der Waals surface area (Å²) in [6.45, 7) is 12.2. The second-order valence-electron chi connectivity index (χ2n) is 7.30. The predicted octanol–water partition coefficient (Wildman–Crippen LogP) is 7.22. The number of esters is 1. The van der Waals surface area contributed by atoms with Gasteiger partial charge in [0.15, 0.2) is 0 Å². The average molecular weight is 339 g/mol. The lowest BCUT2D eigenvalue weighted by Crippen LogP contribution is -2.27. The first-order valence-electron chi connectivity index (χ1n) is 10.4. The highest BCUT2D eigenvalue weighted by atomic mass is 16.5. The maximum atomic E-state index is 12.0. The number of carbonyl (C=O) groups is 1. The number of carbonyl (C=O) groups excluding carboxylic acids is 1. The smallest absolute Gasteiger partial charge is 0.333 e. The summed E-state index contributed by atoms with van der Waals surface area (Å²) in [5.41, 5.74) is 0.515. The van der Waals surface area contributed by atoms with Crippen molar-refractivity contribution in [2.45, 2.75) is 117 Å². The third-order valence-electron chi connectivity index (χ3n) is 4.93. The quantitative estimate of drug-likeness (QED) is 0.169. The molecule has 0 heterocycles. The van der Waals surface area contributed by atoms with E-state index in [9.17, 15) is 4.79 Å². The standard InChI is InChI=1S/C22H42O2/c1-6-9-11-12-13-14-15-16-18-21(24-22(23)19(4)5)20(8-3)17-10-7-2/h20-21H,4,6-18H2,1-3,5H3. The first-order chi connectivity index (χ1) is 11.6. The normalized spacial score (nSPS) is 13.5. The van der Waals surface area contributed by atoms with Gasteiger partial charge in [0.25, 0.3) is 0 Å². The number of ether oxygens (including phenoxy) is 1. The van der Waals surface area contributed by atoms with Crippen molar-refractivity contribution in [2.75, 3.05) is 0 Å². The highest BCUT2D eigenvalue weighted by Gasteiger charge is 2.23. The number of unbranched alkanes of at least 4 members (excludes halogenated alkanes) is 8. The Morgan fingerprint density at radius 1 is 0.833 bits per heavy atom. The summed E-state index contributed by atoms with van der Waals surface area (Å²) in [5, 5.41) is 0. The van der Waals surface area contributed by atoms with Gasteiger partial charge in [-0.1, -0.05) is 85.1 Å². The number of rotatable bonds is 16. The Kier molecular flexibility index (Phi) is 15.2. The maximum Gasteiger partial charge on any atom is 0.333 e. The molecular formula is C22H42O2. The maximum absolute atomic E-state index is 12.0. The third-order valence-corrected chi connectivity index (χ3v) is 4.93. The van der Waals surface area contributed by atoms with Crippen molar-refractivity contribution in [3.8, 4) is 0 Å². The molecule has 2 nitrogen and oxygen atoms in total. The van der Waals surface area contributed by atoms with Gasteiger partial charge >= 0.3 is 5.97 Å². The van der Waals surface area contributed by atoms with Crippen LogP contribution in [-0.4, -0.2) is 12.1 Å². The Morgan fingerprint density at radius 2 is 1.38 bits per heavy atom. The molecule has 0 rings (SSSR count). The highest BCUT2D eigenvalue weighted by molar-refractivity contribution is 5.87. The van der Waals surface area contributed by atoms with Crippen LogP contribution < -0.4 is 0 Å². The number of hydrogen-bond acceptors (Lipinski definition) is 2. The van der Waals surface area contributed by atoms with E-state index in [-0.39, 0.29) is 12.1 Å². The zero-order valence-electron chi connectivity index (χ0n) is 16.9. The lowest BCUT2D eigenvalue weighted by molar-refractivity contribution is -0.147. The van der Waals surface area contributed by atoms with E-state index in [0.29, 0.717) is 11.5 Å². The van der Waals surface area contributed by atoms with Gasteiger partial charge < -0.3 is 4.74 Å². The largest absolute Gasteiger partial charge is 0.459 e. The number of hydrogen-bond donors (Lipinski definition) is 0. The Bertz CT molecular complexity index is 322. The molecule has 0 aliphatic heterocycles. The molecule has 0 aliphatic carbocycles. The van der Waals surface area contributed by atoms with Crippen LogP contribution in [0.1, 0.15) is 111 Å². The van der Waals surface area contributed by atoms with Gasteiger partial charge in [0.2, 0.25) is 0 Å². The van der Waals surface area contributed by atoms with Gasteiger partial charge in [-0.3, -0.25) is 0 Å². The van der Waals surface area contributed by atoms with Gasteiger partial charge in [0.1, 0.15) is 6.10 Å². The molecule has 0 fully saturated rings. The van der Waals surface area contributed by atoms with Gasteiger partial charge in [0.05, 0.1) is 0 Å². The van der Waals surface area contributed by atoms with Gasteiger partial charge in [-0.05, 0) is 38.5 Å². The molecule has 2 unspecified atom stereocenters. The van der Waals surface area contributed by atoms with E-state index in [0.717, 1.165) is 19.3 Å². The van der Waals surface area contributed by atoms with Crippen LogP contribution in [0.2, 0.25) is 0 Å². The summed E-state index contributed by atoms with van der Waals surface area (Å²) >= 11 is 0. The van der Waals surface area contributed by atoms with E-state index < -0.39 is 0 Å². The molecule has 0 bridgehead atoms. The molecule has 0 saturated carbocycles. The Labute approximate surface area is 151 Å². The summed E-state index contributed by atoms with van der Waals surface area (Å²) in [5.74, 6) is 0.285. The van der Waals surface area contributed by atoms with Crippen LogP contribution >= 0.6 is 0 Å². The van der Waals surface area contributed by atoms with E-state index in [1.165, 1.54) is 64.2 Å².